The number of hydrogen-bond donors (Lipinski definition) is 1. The molecule has 0 fully saturated rings. The van der Waals surface area contributed by atoms with E-state index in [0.717, 1.165) is 11.1 Å². The molecule has 14 heavy (non-hydrogen) atoms. The highest BCUT2D eigenvalue weighted by Crippen LogP contribution is 2.24. The van der Waals surface area contributed by atoms with Crippen LogP contribution in [0.2, 0.25) is 0 Å². The molecule has 2 rings (SSSR count). The molecule has 0 aromatic carbocycles. The second-order valence-corrected chi connectivity index (χ2v) is 3.54. The minimum atomic E-state index is -0.905. The van der Waals surface area contributed by atoms with Crippen molar-refractivity contribution in [1.29, 1.82) is 0 Å². The molecular formula is C9H6N2O2S. The minimum Gasteiger partial charge on any atom is -0.477 e. The zero-order valence-corrected chi connectivity index (χ0v) is 7.86. The van der Waals surface area contributed by atoms with Gasteiger partial charge >= 0.3 is 5.97 Å². The maximum Gasteiger partial charge on any atom is 0.345 e. The third-order valence-corrected chi connectivity index (χ3v) is 2.62. The number of thiophene rings is 1. The smallest absolute Gasteiger partial charge is 0.345 e. The number of nitrogens with zero attached hydrogens (tertiary/aromatic N) is 2. The van der Waals surface area contributed by atoms with E-state index in [9.17, 15) is 4.79 Å². The van der Waals surface area contributed by atoms with Crippen molar-refractivity contribution in [2.75, 3.05) is 0 Å². The van der Waals surface area contributed by atoms with Gasteiger partial charge in [0.05, 0.1) is 0 Å². The lowest BCUT2D eigenvalue weighted by Gasteiger charge is -1.92. The van der Waals surface area contributed by atoms with Gasteiger partial charge in [0.15, 0.2) is 0 Å². The molecule has 0 spiro atoms. The van der Waals surface area contributed by atoms with Gasteiger partial charge in [0.25, 0.3) is 0 Å². The number of aromatic nitrogens is 2. The number of rotatable bonds is 2. The van der Waals surface area contributed by atoms with Gasteiger partial charge in [-0.1, -0.05) is 0 Å². The van der Waals surface area contributed by atoms with E-state index in [1.165, 1.54) is 17.7 Å². The quantitative estimate of drug-likeness (QED) is 0.815. The van der Waals surface area contributed by atoms with Crippen molar-refractivity contribution in [3.63, 3.8) is 0 Å². The summed E-state index contributed by atoms with van der Waals surface area (Å²) >= 11 is 1.20. The molecule has 0 aliphatic carbocycles. The van der Waals surface area contributed by atoms with Crippen LogP contribution in [0.1, 0.15) is 9.67 Å². The van der Waals surface area contributed by atoms with E-state index < -0.39 is 5.97 Å². The average molecular weight is 206 g/mol. The number of aromatic carboxylic acids is 1. The van der Waals surface area contributed by atoms with Crippen LogP contribution < -0.4 is 0 Å². The SMILES string of the molecule is O=C(O)c1cc(-c2cncnc2)cs1. The predicted molar refractivity (Wildman–Crippen MR) is 52.3 cm³/mol. The van der Waals surface area contributed by atoms with Crippen molar-refractivity contribution >= 4 is 17.3 Å². The van der Waals surface area contributed by atoms with Crippen LogP contribution in [0.3, 0.4) is 0 Å². The molecule has 0 aliphatic heterocycles. The molecule has 2 aromatic rings. The third-order valence-electron chi connectivity index (χ3n) is 1.70. The summed E-state index contributed by atoms with van der Waals surface area (Å²) in [4.78, 5) is 18.7. The summed E-state index contributed by atoms with van der Waals surface area (Å²) in [5, 5.41) is 10.5. The molecule has 5 heteroatoms. The number of carboxylic acids is 1. The fourth-order valence-electron chi connectivity index (χ4n) is 1.05. The topological polar surface area (TPSA) is 63.1 Å². The number of hydrogen-bond acceptors (Lipinski definition) is 4. The van der Waals surface area contributed by atoms with Crippen molar-refractivity contribution in [3.8, 4) is 11.1 Å². The van der Waals surface area contributed by atoms with Crippen molar-refractivity contribution in [2.45, 2.75) is 0 Å². The Morgan fingerprint density at radius 1 is 1.29 bits per heavy atom. The maximum atomic E-state index is 10.6. The fourth-order valence-corrected chi connectivity index (χ4v) is 1.80. The summed E-state index contributed by atoms with van der Waals surface area (Å²) in [6.07, 6.45) is 4.75. The van der Waals surface area contributed by atoms with Gasteiger partial charge in [0, 0.05) is 18.0 Å². The standard InChI is InChI=1S/C9H6N2O2S/c12-9(13)8-1-6(4-14-8)7-2-10-5-11-3-7/h1-5H,(H,12,13). The average Bonchev–Trinajstić information content (AvgIpc) is 2.68. The van der Waals surface area contributed by atoms with Crippen LogP contribution >= 0.6 is 11.3 Å². The lowest BCUT2D eigenvalue weighted by molar-refractivity contribution is 0.0702. The summed E-state index contributed by atoms with van der Waals surface area (Å²) in [7, 11) is 0. The Labute approximate surface area is 83.9 Å². The molecular weight excluding hydrogens is 200 g/mol. The van der Waals surface area contributed by atoms with Gasteiger partial charge in [-0.25, -0.2) is 14.8 Å². The second-order valence-electron chi connectivity index (χ2n) is 2.63. The van der Waals surface area contributed by atoms with Gasteiger partial charge in [-0.05, 0) is 17.0 Å². The molecule has 0 radical (unpaired) electrons. The van der Waals surface area contributed by atoms with Gasteiger partial charge < -0.3 is 5.11 Å². The van der Waals surface area contributed by atoms with Crippen molar-refractivity contribution < 1.29 is 9.90 Å². The van der Waals surface area contributed by atoms with E-state index in [-0.39, 0.29) is 0 Å². The summed E-state index contributed by atoms with van der Waals surface area (Å²) < 4.78 is 0. The molecule has 0 saturated heterocycles. The first-order chi connectivity index (χ1) is 6.77. The minimum absolute atomic E-state index is 0.323. The molecule has 0 saturated carbocycles. The van der Waals surface area contributed by atoms with E-state index in [1.54, 1.807) is 23.8 Å². The monoisotopic (exact) mass is 206 g/mol. The highest BCUT2D eigenvalue weighted by Gasteiger charge is 2.07. The Morgan fingerprint density at radius 3 is 2.57 bits per heavy atom. The zero-order valence-electron chi connectivity index (χ0n) is 7.04. The van der Waals surface area contributed by atoms with E-state index in [0.29, 0.717) is 4.88 Å². The Hall–Kier alpha value is -1.75. The van der Waals surface area contributed by atoms with Crippen molar-refractivity contribution in [1.82, 2.24) is 9.97 Å². The number of carboxylic acid groups (broad SMARTS) is 1. The van der Waals surface area contributed by atoms with E-state index >= 15 is 0 Å². The van der Waals surface area contributed by atoms with E-state index in [1.807, 2.05) is 0 Å². The van der Waals surface area contributed by atoms with Crippen molar-refractivity contribution in [2.24, 2.45) is 0 Å². The first-order valence-corrected chi connectivity index (χ1v) is 4.72. The molecule has 0 amide bonds. The number of carbonyl (C=O) groups is 1. The Bertz CT molecular complexity index is 453. The molecule has 2 heterocycles. The van der Waals surface area contributed by atoms with Gasteiger partial charge in [0.1, 0.15) is 11.2 Å². The molecule has 0 atom stereocenters. The van der Waals surface area contributed by atoms with Gasteiger partial charge in [0.2, 0.25) is 0 Å². The van der Waals surface area contributed by atoms with Crippen LogP contribution in [0, 0.1) is 0 Å². The summed E-state index contributed by atoms with van der Waals surface area (Å²) in [5.74, 6) is -0.905. The summed E-state index contributed by atoms with van der Waals surface area (Å²) in [6, 6.07) is 1.62. The van der Waals surface area contributed by atoms with Crippen LogP contribution in [-0.2, 0) is 0 Å². The zero-order chi connectivity index (χ0) is 9.97. The Morgan fingerprint density at radius 2 is 2.00 bits per heavy atom. The summed E-state index contributed by atoms with van der Waals surface area (Å²) in [6.45, 7) is 0. The van der Waals surface area contributed by atoms with Gasteiger partial charge in [-0.15, -0.1) is 11.3 Å². The highest BCUT2D eigenvalue weighted by molar-refractivity contribution is 7.12. The molecule has 4 nitrogen and oxygen atoms in total. The molecule has 70 valence electrons. The van der Waals surface area contributed by atoms with Crippen LogP contribution in [-0.4, -0.2) is 21.0 Å². The first-order valence-electron chi connectivity index (χ1n) is 3.84. The Balaban J connectivity index is 2.39. The lowest BCUT2D eigenvalue weighted by atomic mass is 10.2. The van der Waals surface area contributed by atoms with Crippen LogP contribution in [0.4, 0.5) is 0 Å². The largest absolute Gasteiger partial charge is 0.477 e. The second kappa shape index (κ2) is 3.55. The molecule has 2 aromatic heterocycles. The summed E-state index contributed by atoms with van der Waals surface area (Å²) in [5.41, 5.74) is 1.67. The van der Waals surface area contributed by atoms with E-state index in [4.69, 9.17) is 5.11 Å². The van der Waals surface area contributed by atoms with Crippen molar-refractivity contribution in [3.05, 3.63) is 35.0 Å². The molecule has 0 aliphatic rings. The maximum absolute atomic E-state index is 10.6. The van der Waals surface area contributed by atoms with Crippen LogP contribution in [0.25, 0.3) is 11.1 Å². The fraction of sp³-hybridized carbons (Fsp3) is 0. The van der Waals surface area contributed by atoms with Crippen LogP contribution in [0.5, 0.6) is 0 Å². The van der Waals surface area contributed by atoms with Gasteiger partial charge in [-0.3, -0.25) is 0 Å². The molecule has 0 unspecified atom stereocenters. The lowest BCUT2D eigenvalue weighted by Crippen LogP contribution is -1.90. The van der Waals surface area contributed by atoms with Crippen LogP contribution in [0.15, 0.2) is 30.2 Å². The Kier molecular flexibility index (Phi) is 2.24. The molecule has 0 bridgehead atoms. The predicted octanol–water partition coefficient (Wildman–Crippen LogP) is 1.90. The molecule has 1 N–H and O–H groups in total. The van der Waals surface area contributed by atoms with Gasteiger partial charge in [-0.2, -0.15) is 0 Å². The first kappa shape index (κ1) is 8.83. The third kappa shape index (κ3) is 1.62. The van der Waals surface area contributed by atoms with E-state index in [2.05, 4.69) is 9.97 Å². The normalized spacial score (nSPS) is 10.0. The highest BCUT2D eigenvalue weighted by atomic mass is 32.1.